The van der Waals surface area contributed by atoms with Gasteiger partial charge in [0.05, 0.1) is 13.2 Å². The molecule has 0 saturated heterocycles. The van der Waals surface area contributed by atoms with Crippen LogP contribution in [0.5, 0.6) is 0 Å². The van der Waals surface area contributed by atoms with E-state index < -0.39 is 0 Å². The zero-order valence-electron chi connectivity index (χ0n) is 10.1. The molecule has 5 heteroatoms. The Labute approximate surface area is 106 Å². The van der Waals surface area contributed by atoms with Crippen molar-refractivity contribution >= 4 is 23.1 Å². The highest BCUT2D eigenvalue weighted by molar-refractivity contribution is 8.13. The van der Waals surface area contributed by atoms with E-state index in [1.807, 2.05) is 36.6 Å². The second-order valence-corrected chi connectivity index (χ2v) is 4.05. The maximum absolute atomic E-state index is 5.57. The molecule has 0 aliphatic carbocycles. The lowest BCUT2D eigenvalue weighted by atomic mass is 10.2. The van der Waals surface area contributed by atoms with Crippen LogP contribution in [0.15, 0.2) is 40.4 Å². The van der Waals surface area contributed by atoms with Crippen LogP contribution in [0.1, 0.15) is 5.56 Å². The van der Waals surface area contributed by atoms with Gasteiger partial charge in [-0.25, -0.2) is 4.99 Å². The minimum absolute atomic E-state index is 0.506. The molecule has 0 aromatic heterocycles. The van der Waals surface area contributed by atoms with Crippen LogP contribution in [0.2, 0.25) is 0 Å². The fourth-order valence-electron chi connectivity index (χ4n) is 1.13. The van der Waals surface area contributed by atoms with Crippen molar-refractivity contribution in [3.63, 3.8) is 0 Å². The number of hydrogen-bond acceptors (Lipinski definition) is 4. The second kappa shape index (κ2) is 8.78. The molecule has 0 aliphatic rings. The smallest absolute Gasteiger partial charge is 0.136 e. The highest BCUT2D eigenvalue weighted by Gasteiger charge is 1.97. The molecule has 0 aliphatic heterocycles. The Morgan fingerprint density at radius 1 is 1.41 bits per heavy atom. The summed E-state index contributed by atoms with van der Waals surface area (Å²) in [5.41, 5.74) is 3.81. The predicted molar refractivity (Wildman–Crippen MR) is 74.6 cm³/mol. The molecule has 0 spiro atoms. The normalized spacial score (nSPS) is 12.0. The minimum Gasteiger partial charge on any atom is -0.370 e. The maximum atomic E-state index is 5.57. The number of nitrogens with zero attached hydrogens (tertiary/aromatic N) is 2. The first-order valence-corrected chi connectivity index (χ1v) is 6.50. The third-order valence-electron chi connectivity index (χ3n) is 1.96. The van der Waals surface area contributed by atoms with Crippen LogP contribution in [0, 0.1) is 0 Å². The minimum atomic E-state index is 0.506. The van der Waals surface area contributed by atoms with Gasteiger partial charge in [0, 0.05) is 7.05 Å². The summed E-state index contributed by atoms with van der Waals surface area (Å²) in [5, 5.41) is 4.70. The molecule has 0 fully saturated rings. The topological polar surface area (TPSA) is 46.0 Å². The van der Waals surface area contributed by atoms with Crippen LogP contribution < -0.4 is 5.43 Å². The van der Waals surface area contributed by atoms with E-state index in [1.54, 1.807) is 18.8 Å². The summed E-state index contributed by atoms with van der Waals surface area (Å²) < 4.78 is 5.57. The Kier molecular flexibility index (Phi) is 7.09. The molecule has 1 aromatic carbocycles. The summed E-state index contributed by atoms with van der Waals surface area (Å²) in [6.07, 6.45) is 3.45. The van der Waals surface area contributed by atoms with Gasteiger partial charge in [0.2, 0.25) is 0 Å². The Balaban J connectivity index is 2.33. The van der Waals surface area contributed by atoms with Gasteiger partial charge >= 0.3 is 0 Å². The van der Waals surface area contributed by atoms with Crippen LogP contribution >= 0.6 is 11.8 Å². The molecule has 0 radical (unpaired) electrons. The molecule has 0 atom stereocenters. The standard InChI is InChI=1S/C12H17N3OS/c1-13-15-10-14-12(17-2)9-16-8-11-6-4-3-5-7-11/h3-7,10,13H,8-9H2,1-2H3/b14-12+,15-10-. The van der Waals surface area contributed by atoms with E-state index in [0.29, 0.717) is 13.2 Å². The first-order valence-electron chi connectivity index (χ1n) is 5.27. The van der Waals surface area contributed by atoms with Gasteiger partial charge in [-0.1, -0.05) is 30.3 Å². The van der Waals surface area contributed by atoms with E-state index in [1.165, 1.54) is 6.34 Å². The average Bonchev–Trinajstić information content (AvgIpc) is 2.38. The van der Waals surface area contributed by atoms with Crippen molar-refractivity contribution in [2.24, 2.45) is 10.1 Å². The lowest BCUT2D eigenvalue weighted by Crippen LogP contribution is -2.05. The Morgan fingerprint density at radius 3 is 2.82 bits per heavy atom. The van der Waals surface area contributed by atoms with Crippen LogP contribution in [-0.4, -0.2) is 31.3 Å². The van der Waals surface area contributed by atoms with Crippen molar-refractivity contribution in [1.82, 2.24) is 5.43 Å². The number of hydrogen-bond donors (Lipinski definition) is 1. The summed E-state index contributed by atoms with van der Waals surface area (Å²) in [7, 11) is 1.73. The van der Waals surface area contributed by atoms with Crippen LogP contribution in [0.25, 0.3) is 0 Å². The number of ether oxygens (including phenoxy) is 1. The summed E-state index contributed by atoms with van der Waals surface area (Å²) in [6.45, 7) is 1.11. The molecule has 0 unspecified atom stereocenters. The highest BCUT2D eigenvalue weighted by atomic mass is 32.2. The second-order valence-electron chi connectivity index (χ2n) is 3.17. The highest BCUT2D eigenvalue weighted by Crippen LogP contribution is 2.03. The Morgan fingerprint density at radius 2 is 2.18 bits per heavy atom. The zero-order chi connectivity index (χ0) is 12.3. The monoisotopic (exact) mass is 251 g/mol. The van der Waals surface area contributed by atoms with Gasteiger partial charge in [0.25, 0.3) is 0 Å². The fraction of sp³-hybridized carbons (Fsp3) is 0.333. The van der Waals surface area contributed by atoms with Gasteiger partial charge in [0.15, 0.2) is 0 Å². The van der Waals surface area contributed by atoms with E-state index in [2.05, 4.69) is 15.5 Å². The largest absolute Gasteiger partial charge is 0.370 e. The van der Waals surface area contributed by atoms with E-state index in [4.69, 9.17) is 4.74 Å². The van der Waals surface area contributed by atoms with Gasteiger partial charge in [0.1, 0.15) is 11.4 Å². The molecular formula is C12H17N3OS. The summed E-state index contributed by atoms with van der Waals surface area (Å²) in [5.74, 6) is 0. The first-order chi connectivity index (χ1) is 8.36. The average molecular weight is 251 g/mol. The van der Waals surface area contributed by atoms with Gasteiger partial charge in [-0.2, -0.15) is 5.10 Å². The van der Waals surface area contributed by atoms with Crippen molar-refractivity contribution in [3.8, 4) is 0 Å². The molecule has 92 valence electrons. The van der Waals surface area contributed by atoms with E-state index in [9.17, 15) is 0 Å². The summed E-state index contributed by atoms with van der Waals surface area (Å²) >= 11 is 1.56. The zero-order valence-corrected chi connectivity index (χ0v) is 10.9. The summed E-state index contributed by atoms with van der Waals surface area (Å²) in [4.78, 5) is 4.16. The maximum Gasteiger partial charge on any atom is 0.136 e. The molecule has 17 heavy (non-hydrogen) atoms. The van der Waals surface area contributed by atoms with Gasteiger partial charge in [-0.3, -0.25) is 0 Å². The Hall–Kier alpha value is -1.33. The molecular weight excluding hydrogens is 234 g/mol. The molecule has 0 heterocycles. The predicted octanol–water partition coefficient (Wildman–Crippen LogP) is 2.13. The van der Waals surface area contributed by atoms with Crippen LogP contribution in [-0.2, 0) is 11.3 Å². The van der Waals surface area contributed by atoms with E-state index in [-0.39, 0.29) is 0 Å². The van der Waals surface area contributed by atoms with Crippen molar-refractivity contribution in [2.45, 2.75) is 6.61 Å². The molecule has 0 saturated carbocycles. The van der Waals surface area contributed by atoms with Crippen molar-refractivity contribution in [2.75, 3.05) is 19.9 Å². The van der Waals surface area contributed by atoms with Crippen LogP contribution in [0.4, 0.5) is 0 Å². The number of aliphatic imine (C=N–C) groups is 1. The lowest BCUT2D eigenvalue weighted by Gasteiger charge is -2.04. The Bertz CT molecular complexity index is 365. The third kappa shape index (κ3) is 6.09. The number of hydrazone groups is 1. The van der Waals surface area contributed by atoms with Crippen molar-refractivity contribution in [3.05, 3.63) is 35.9 Å². The molecule has 1 aromatic rings. The number of benzene rings is 1. The van der Waals surface area contributed by atoms with Gasteiger partial charge in [-0.05, 0) is 11.8 Å². The third-order valence-corrected chi connectivity index (χ3v) is 2.66. The molecule has 4 nitrogen and oxygen atoms in total. The number of rotatable bonds is 6. The van der Waals surface area contributed by atoms with E-state index in [0.717, 1.165) is 10.6 Å². The van der Waals surface area contributed by atoms with Gasteiger partial charge in [-0.15, -0.1) is 11.8 Å². The van der Waals surface area contributed by atoms with Crippen LogP contribution in [0.3, 0.4) is 0 Å². The fourth-order valence-corrected chi connectivity index (χ4v) is 1.48. The van der Waals surface area contributed by atoms with Crippen molar-refractivity contribution < 1.29 is 4.74 Å². The molecule has 1 rings (SSSR count). The molecule has 0 bridgehead atoms. The molecule has 0 amide bonds. The van der Waals surface area contributed by atoms with Crippen molar-refractivity contribution in [1.29, 1.82) is 0 Å². The molecule has 1 N–H and O–H groups in total. The van der Waals surface area contributed by atoms with E-state index >= 15 is 0 Å². The SMILES string of the molecule is CN/N=C\N=C(/COCc1ccccc1)SC. The van der Waals surface area contributed by atoms with Gasteiger partial charge < -0.3 is 10.2 Å². The summed E-state index contributed by atoms with van der Waals surface area (Å²) in [6, 6.07) is 10.1. The first kappa shape index (κ1) is 13.7. The quantitative estimate of drug-likeness (QED) is 0.478. The number of nitrogens with one attached hydrogen (secondary N) is 1. The number of thioether (sulfide) groups is 1. The lowest BCUT2D eigenvalue weighted by molar-refractivity contribution is 0.159.